The Kier molecular flexibility index (Phi) is 5.56. The minimum absolute atomic E-state index is 0.0922. The highest BCUT2D eigenvalue weighted by atomic mass is 16.5. The lowest BCUT2D eigenvalue weighted by Crippen LogP contribution is -2.33. The zero-order chi connectivity index (χ0) is 16.3. The third-order valence-electron chi connectivity index (χ3n) is 3.40. The van der Waals surface area contributed by atoms with Gasteiger partial charge in [-0.1, -0.05) is 20.8 Å². The summed E-state index contributed by atoms with van der Waals surface area (Å²) >= 11 is 0. The molecular formula is C16H30N4O. The number of hydrogen-bond acceptors (Lipinski definition) is 5. The van der Waals surface area contributed by atoms with Gasteiger partial charge < -0.3 is 15.4 Å². The lowest BCUT2D eigenvalue weighted by atomic mass is 9.95. The van der Waals surface area contributed by atoms with Gasteiger partial charge in [-0.15, -0.1) is 0 Å². The summed E-state index contributed by atoms with van der Waals surface area (Å²) in [5.74, 6) is 2.60. The number of methoxy groups -OCH3 is 1. The molecule has 0 aliphatic rings. The molecule has 5 nitrogen and oxygen atoms in total. The van der Waals surface area contributed by atoms with E-state index in [1.165, 1.54) is 0 Å². The number of rotatable bonds is 6. The first kappa shape index (κ1) is 17.7. The van der Waals surface area contributed by atoms with Gasteiger partial charge in [0, 0.05) is 31.2 Å². The normalized spacial score (nSPS) is 12.4. The Hall–Kier alpha value is -1.36. The van der Waals surface area contributed by atoms with Crippen LogP contribution in [-0.2, 0) is 10.2 Å². The molecule has 1 aromatic heterocycles. The van der Waals surface area contributed by atoms with Crippen molar-refractivity contribution in [2.75, 3.05) is 30.8 Å². The van der Waals surface area contributed by atoms with E-state index in [0.29, 0.717) is 6.54 Å². The van der Waals surface area contributed by atoms with E-state index in [9.17, 15) is 0 Å². The van der Waals surface area contributed by atoms with Crippen LogP contribution in [0.4, 0.5) is 11.6 Å². The number of anilines is 2. The van der Waals surface area contributed by atoms with E-state index in [1.54, 1.807) is 7.11 Å². The van der Waals surface area contributed by atoms with Crippen molar-refractivity contribution in [3.05, 3.63) is 11.4 Å². The third kappa shape index (κ3) is 4.84. The molecule has 0 aromatic carbocycles. The molecule has 0 unspecified atom stereocenters. The number of aromatic nitrogens is 2. The van der Waals surface area contributed by atoms with Crippen LogP contribution in [0.25, 0.3) is 0 Å². The molecule has 0 saturated carbocycles. The van der Waals surface area contributed by atoms with Gasteiger partial charge in [-0.25, -0.2) is 9.97 Å². The van der Waals surface area contributed by atoms with E-state index in [-0.39, 0.29) is 11.0 Å². The first-order valence-corrected chi connectivity index (χ1v) is 7.52. The van der Waals surface area contributed by atoms with Crippen LogP contribution in [0.15, 0.2) is 0 Å². The highest BCUT2D eigenvalue weighted by Gasteiger charge is 2.22. The van der Waals surface area contributed by atoms with Gasteiger partial charge in [0.2, 0.25) is 0 Å². The molecule has 0 aliphatic heterocycles. The van der Waals surface area contributed by atoms with E-state index in [2.05, 4.69) is 43.3 Å². The van der Waals surface area contributed by atoms with Crippen LogP contribution in [0.3, 0.4) is 0 Å². The molecule has 1 heterocycles. The predicted octanol–water partition coefficient (Wildman–Crippen LogP) is 3.35. The Morgan fingerprint density at radius 2 is 1.52 bits per heavy atom. The molecule has 1 rings (SSSR count). The first-order valence-electron chi connectivity index (χ1n) is 7.52. The molecule has 120 valence electrons. The Morgan fingerprint density at radius 1 is 1.00 bits per heavy atom. The number of ether oxygens (including phenoxy) is 1. The van der Waals surface area contributed by atoms with Crippen LogP contribution in [-0.4, -0.2) is 35.8 Å². The van der Waals surface area contributed by atoms with Crippen molar-refractivity contribution in [1.82, 2.24) is 9.97 Å². The van der Waals surface area contributed by atoms with Crippen LogP contribution in [0.1, 0.15) is 52.9 Å². The maximum atomic E-state index is 5.45. The second-order valence-corrected chi connectivity index (χ2v) is 6.97. The monoisotopic (exact) mass is 294 g/mol. The molecule has 0 radical (unpaired) electrons. The zero-order valence-corrected chi connectivity index (χ0v) is 14.7. The summed E-state index contributed by atoms with van der Waals surface area (Å²) in [6, 6.07) is 0. The lowest BCUT2D eigenvalue weighted by molar-refractivity contribution is 0.0343. The summed E-state index contributed by atoms with van der Waals surface area (Å²) in [4.78, 5) is 9.37. The second kappa shape index (κ2) is 6.60. The highest BCUT2D eigenvalue weighted by Crippen LogP contribution is 2.26. The van der Waals surface area contributed by atoms with Crippen molar-refractivity contribution in [3.8, 4) is 0 Å². The van der Waals surface area contributed by atoms with E-state index in [4.69, 9.17) is 9.72 Å². The molecule has 21 heavy (non-hydrogen) atoms. The van der Waals surface area contributed by atoms with Gasteiger partial charge >= 0.3 is 0 Å². The van der Waals surface area contributed by atoms with Crippen LogP contribution in [0, 0.1) is 6.92 Å². The molecule has 0 bridgehead atoms. The summed E-state index contributed by atoms with van der Waals surface area (Å²) in [5, 5.41) is 6.72. The van der Waals surface area contributed by atoms with Crippen molar-refractivity contribution >= 4 is 11.6 Å². The zero-order valence-electron chi connectivity index (χ0n) is 14.7. The fourth-order valence-corrected chi connectivity index (χ4v) is 1.73. The second-order valence-electron chi connectivity index (χ2n) is 6.97. The first-order chi connectivity index (χ1) is 9.60. The summed E-state index contributed by atoms with van der Waals surface area (Å²) < 4.78 is 5.45. The Labute approximate surface area is 128 Å². The average molecular weight is 294 g/mol. The smallest absolute Gasteiger partial charge is 0.138 e. The third-order valence-corrected chi connectivity index (χ3v) is 3.40. The largest absolute Gasteiger partial charge is 0.377 e. The molecular weight excluding hydrogens is 264 g/mol. The van der Waals surface area contributed by atoms with Gasteiger partial charge in [0.1, 0.15) is 17.5 Å². The Bertz CT molecular complexity index is 478. The number of nitrogens with zero attached hydrogens (tertiary/aromatic N) is 2. The fourth-order valence-electron chi connectivity index (χ4n) is 1.73. The number of nitrogens with one attached hydrogen (secondary N) is 2. The summed E-state index contributed by atoms with van der Waals surface area (Å²) in [6.45, 7) is 16.1. The van der Waals surface area contributed by atoms with Crippen molar-refractivity contribution in [2.24, 2.45) is 0 Å². The van der Waals surface area contributed by atoms with E-state index < -0.39 is 0 Å². The van der Waals surface area contributed by atoms with Crippen LogP contribution < -0.4 is 10.6 Å². The van der Waals surface area contributed by atoms with Crippen molar-refractivity contribution in [1.29, 1.82) is 0 Å². The molecule has 0 aliphatic carbocycles. The van der Waals surface area contributed by atoms with E-state index >= 15 is 0 Å². The lowest BCUT2D eigenvalue weighted by Gasteiger charge is -2.25. The predicted molar refractivity (Wildman–Crippen MR) is 89.2 cm³/mol. The summed E-state index contributed by atoms with van der Waals surface area (Å²) in [5.41, 5.74) is 0.708. The molecule has 1 aromatic rings. The van der Waals surface area contributed by atoms with Gasteiger partial charge in [0.05, 0.1) is 5.60 Å². The van der Waals surface area contributed by atoms with Crippen molar-refractivity contribution in [3.63, 3.8) is 0 Å². The molecule has 0 amide bonds. The molecule has 0 fully saturated rings. The quantitative estimate of drug-likeness (QED) is 0.842. The highest BCUT2D eigenvalue weighted by molar-refractivity contribution is 5.57. The molecule has 5 heteroatoms. The van der Waals surface area contributed by atoms with Crippen LogP contribution >= 0.6 is 0 Å². The Balaban J connectivity index is 3.14. The maximum absolute atomic E-state index is 5.45. The minimum atomic E-state index is -0.238. The SMILES string of the molecule is CCNc1nc(C(C)(C)C)nc(NCC(C)(C)OC)c1C. The van der Waals surface area contributed by atoms with Crippen molar-refractivity contribution in [2.45, 2.75) is 59.5 Å². The fraction of sp³-hybridized carbons (Fsp3) is 0.750. The Morgan fingerprint density at radius 3 is 1.95 bits per heavy atom. The van der Waals surface area contributed by atoms with E-state index in [1.807, 2.05) is 20.8 Å². The maximum Gasteiger partial charge on any atom is 0.138 e. The molecule has 0 spiro atoms. The van der Waals surface area contributed by atoms with Gasteiger partial charge in [-0.2, -0.15) is 0 Å². The van der Waals surface area contributed by atoms with Crippen LogP contribution in [0.5, 0.6) is 0 Å². The van der Waals surface area contributed by atoms with Gasteiger partial charge in [-0.3, -0.25) is 0 Å². The molecule has 0 atom stereocenters. The van der Waals surface area contributed by atoms with Gasteiger partial charge in [-0.05, 0) is 27.7 Å². The molecule has 2 N–H and O–H groups in total. The average Bonchev–Trinajstić information content (AvgIpc) is 2.38. The topological polar surface area (TPSA) is 59.1 Å². The summed E-state index contributed by atoms with van der Waals surface area (Å²) in [7, 11) is 1.72. The van der Waals surface area contributed by atoms with Crippen molar-refractivity contribution < 1.29 is 4.74 Å². The standard InChI is InChI=1S/C16H30N4O/c1-9-17-12-11(2)13(18-10-16(6,7)21-8)20-14(19-12)15(3,4)5/h9-10H2,1-8H3,(H2,17,18,19,20). The molecule has 0 saturated heterocycles. The summed E-state index contributed by atoms with van der Waals surface area (Å²) in [6.07, 6.45) is 0. The minimum Gasteiger partial charge on any atom is -0.377 e. The number of hydrogen-bond donors (Lipinski definition) is 2. The van der Waals surface area contributed by atoms with Gasteiger partial charge in [0.15, 0.2) is 0 Å². The van der Waals surface area contributed by atoms with Gasteiger partial charge in [0.25, 0.3) is 0 Å². The van der Waals surface area contributed by atoms with E-state index in [0.717, 1.165) is 29.6 Å². The van der Waals surface area contributed by atoms with Crippen LogP contribution in [0.2, 0.25) is 0 Å².